The molecular formula is C25H22ClFN4O2. The Bertz CT molecular complexity index is 1520. The van der Waals surface area contributed by atoms with Gasteiger partial charge in [0.25, 0.3) is 0 Å². The van der Waals surface area contributed by atoms with E-state index >= 15 is 0 Å². The molecule has 0 saturated carbocycles. The van der Waals surface area contributed by atoms with Gasteiger partial charge in [0.2, 0.25) is 0 Å². The van der Waals surface area contributed by atoms with Crippen LogP contribution in [0.3, 0.4) is 0 Å². The Morgan fingerprint density at radius 1 is 1.09 bits per heavy atom. The molecular weight excluding hydrogens is 443 g/mol. The third kappa shape index (κ3) is 3.62. The minimum absolute atomic E-state index is 0.000266. The molecule has 0 unspecified atom stereocenters. The number of fused-ring (bicyclic) bond motifs is 5. The van der Waals surface area contributed by atoms with Crippen molar-refractivity contribution in [3.8, 4) is 11.4 Å². The molecule has 0 amide bonds. The average molecular weight is 465 g/mol. The molecule has 0 aliphatic rings. The third-order valence-electron chi connectivity index (χ3n) is 5.55. The van der Waals surface area contributed by atoms with E-state index in [0.717, 1.165) is 29.7 Å². The van der Waals surface area contributed by atoms with Crippen molar-refractivity contribution in [1.82, 2.24) is 18.9 Å². The lowest BCUT2D eigenvalue weighted by atomic mass is 10.2. The fraction of sp³-hybridized carbons (Fsp3) is 0.240. The summed E-state index contributed by atoms with van der Waals surface area (Å²) in [6, 6.07) is 12.3. The number of imidazole rings is 1. The lowest BCUT2D eigenvalue weighted by molar-refractivity contribution is -0.134. The molecule has 168 valence electrons. The molecule has 33 heavy (non-hydrogen) atoms. The van der Waals surface area contributed by atoms with E-state index in [-0.39, 0.29) is 11.0 Å². The minimum Gasteiger partial charge on any atom is -0.424 e. The summed E-state index contributed by atoms with van der Waals surface area (Å²) in [6.45, 7) is 4.01. The van der Waals surface area contributed by atoms with Crippen molar-refractivity contribution >= 4 is 45.3 Å². The summed E-state index contributed by atoms with van der Waals surface area (Å²) in [5.41, 5.74) is 3.61. The number of carbonyl (C=O) groups excluding carboxylic acids is 1. The molecule has 0 spiro atoms. The number of ether oxygens (including phenoxy) is 1. The van der Waals surface area contributed by atoms with Gasteiger partial charge in [-0.1, -0.05) is 37.6 Å². The standard InChI is InChI=1S/C25H22ClFN4O2/c1-3-7-21-29-24-23(25-28-18-9-5-6-10-19(18)31(21)25)20(33-22(32)8-4-2)14-30(24)15-11-12-17(27)16(26)13-15/h5-6,9-14H,3-4,7-8H2,1-2H3. The van der Waals surface area contributed by atoms with Crippen molar-refractivity contribution in [3.63, 3.8) is 0 Å². The largest absolute Gasteiger partial charge is 0.424 e. The Balaban J connectivity index is 1.88. The molecule has 0 N–H and O–H groups in total. The van der Waals surface area contributed by atoms with Crippen molar-refractivity contribution in [1.29, 1.82) is 0 Å². The fourth-order valence-electron chi connectivity index (χ4n) is 4.10. The highest BCUT2D eigenvalue weighted by Crippen LogP contribution is 2.36. The van der Waals surface area contributed by atoms with Crippen LogP contribution in [0, 0.1) is 5.82 Å². The zero-order valence-corrected chi connectivity index (χ0v) is 19.1. The lowest BCUT2D eigenvalue weighted by Crippen LogP contribution is -2.07. The minimum atomic E-state index is -0.506. The Morgan fingerprint density at radius 2 is 1.91 bits per heavy atom. The van der Waals surface area contributed by atoms with E-state index in [1.165, 1.54) is 12.1 Å². The number of hydrogen-bond donors (Lipinski definition) is 0. The Morgan fingerprint density at radius 3 is 2.67 bits per heavy atom. The van der Waals surface area contributed by atoms with Crippen LogP contribution in [-0.2, 0) is 11.2 Å². The molecule has 0 radical (unpaired) electrons. The molecule has 0 fully saturated rings. The smallest absolute Gasteiger partial charge is 0.311 e. The Hall–Kier alpha value is -3.45. The van der Waals surface area contributed by atoms with Gasteiger partial charge < -0.3 is 4.74 Å². The zero-order chi connectivity index (χ0) is 23.1. The van der Waals surface area contributed by atoms with E-state index in [1.54, 1.807) is 16.8 Å². The highest BCUT2D eigenvalue weighted by atomic mass is 35.5. The second kappa shape index (κ2) is 8.48. The maximum Gasteiger partial charge on any atom is 0.311 e. The van der Waals surface area contributed by atoms with Gasteiger partial charge in [-0.05, 0) is 43.2 Å². The molecule has 0 saturated heterocycles. The second-order valence-corrected chi connectivity index (χ2v) is 8.33. The van der Waals surface area contributed by atoms with Crippen LogP contribution in [-0.4, -0.2) is 24.9 Å². The first-order valence-electron chi connectivity index (χ1n) is 11.0. The van der Waals surface area contributed by atoms with E-state index in [4.69, 9.17) is 26.3 Å². The van der Waals surface area contributed by atoms with Crippen LogP contribution in [0.1, 0.15) is 38.9 Å². The monoisotopic (exact) mass is 464 g/mol. The topological polar surface area (TPSA) is 61.4 Å². The molecule has 0 bridgehead atoms. The maximum absolute atomic E-state index is 13.8. The molecule has 0 atom stereocenters. The van der Waals surface area contributed by atoms with E-state index in [0.29, 0.717) is 41.0 Å². The number of halogens is 2. The zero-order valence-electron chi connectivity index (χ0n) is 18.3. The number of hydrogen-bond acceptors (Lipinski definition) is 4. The molecule has 5 rings (SSSR count). The first-order valence-corrected chi connectivity index (χ1v) is 11.4. The van der Waals surface area contributed by atoms with E-state index < -0.39 is 5.82 Å². The van der Waals surface area contributed by atoms with Crippen LogP contribution in [0.15, 0.2) is 48.7 Å². The van der Waals surface area contributed by atoms with Gasteiger partial charge in [0, 0.05) is 18.5 Å². The van der Waals surface area contributed by atoms with Crippen LogP contribution in [0.2, 0.25) is 5.02 Å². The first-order chi connectivity index (χ1) is 16.0. The van der Waals surface area contributed by atoms with Crippen molar-refractivity contribution in [2.75, 3.05) is 0 Å². The predicted octanol–water partition coefficient (Wildman–Crippen LogP) is 6.28. The van der Waals surface area contributed by atoms with Gasteiger partial charge in [-0.2, -0.15) is 0 Å². The molecule has 8 heteroatoms. The Labute approximate surface area is 194 Å². The number of nitrogens with zero attached hydrogens (tertiary/aromatic N) is 4. The Kier molecular flexibility index (Phi) is 5.50. The van der Waals surface area contributed by atoms with Crippen LogP contribution < -0.4 is 4.74 Å². The van der Waals surface area contributed by atoms with Crippen LogP contribution in [0.4, 0.5) is 4.39 Å². The molecule has 2 aromatic carbocycles. The van der Waals surface area contributed by atoms with Crippen molar-refractivity contribution < 1.29 is 13.9 Å². The summed E-state index contributed by atoms with van der Waals surface area (Å²) >= 11 is 6.07. The molecule has 0 aliphatic heterocycles. The number of benzene rings is 2. The van der Waals surface area contributed by atoms with Gasteiger partial charge >= 0.3 is 5.97 Å². The predicted molar refractivity (Wildman–Crippen MR) is 127 cm³/mol. The summed E-state index contributed by atoms with van der Waals surface area (Å²) in [4.78, 5) is 22.3. The number of aromatic nitrogens is 4. The second-order valence-electron chi connectivity index (χ2n) is 7.92. The van der Waals surface area contributed by atoms with Gasteiger partial charge in [-0.25, -0.2) is 14.4 Å². The molecule has 5 aromatic rings. The number of rotatable bonds is 6. The summed E-state index contributed by atoms with van der Waals surface area (Å²) in [5, 5.41) is 0.622. The van der Waals surface area contributed by atoms with Crippen molar-refractivity contribution in [2.45, 2.75) is 39.5 Å². The molecule has 3 heterocycles. The van der Waals surface area contributed by atoms with Crippen LogP contribution in [0.5, 0.6) is 5.75 Å². The maximum atomic E-state index is 13.8. The summed E-state index contributed by atoms with van der Waals surface area (Å²) in [7, 11) is 0. The van der Waals surface area contributed by atoms with E-state index in [1.807, 2.05) is 35.6 Å². The highest BCUT2D eigenvalue weighted by Gasteiger charge is 2.23. The molecule has 0 aliphatic carbocycles. The third-order valence-corrected chi connectivity index (χ3v) is 5.84. The van der Waals surface area contributed by atoms with Gasteiger partial charge in [-0.15, -0.1) is 0 Å². The average Bonchev–Trinajstić information content (AvgIpc) is 3.35. The lowest BCUT2D eigenvalue weighted by Gasteiger charge is -2.09. The van der Waals surface area contributed by atoms with E-state index in [9.17, 15) is 9.18 Å². The van der Waals surface area contributed by atoms with Gasteiger partial charge in [-0.3, -0.25) is 13.8 Å². The van der Waals surface area contributed by atoms with Gasteiger partial charge in [0.05, 0.1) is 22.3 Å². The van der Waals surface area contributed by atoms with E-state index in [2.05, 4.69) is 6.92 Å². The first kappa shape index (κ1) is 21.4. The number of para-hydroxylation sites is 2. The van der Waals surface area contributed by atoms with Crippen molar-refractivity contribution in [2.24, 2.45) is 0 Å². The number of carbonyl (C=O) groups is 1. The van der Waals surface area contributed by atoms with Crippen molar-refractivity contribution in [3.05, 3.63) is 65.3 Å². The van der Waals surface area contributed by atoms with Gasteiger partial charge in [0.15, 0.2) is 17.0 Å². The summed E-state index contributed by atoms with van der Waals surface area (Å²) in [5.74, 6) is 0.362. The summed E-state index contributed by atoms with van der Waals surface area (Å²) in [6.07, 6.45) is 4.29. The molecule has 3 aromatic heterocycles. The highest BCUT2D eigenvalue weighted by molar-refractivity contribution is 6.30. The van der Waals surface area contributed by atoms with Crippen LogP contribution >= 0.6 is 11.6 Å². The quantitative estimate of drug-likeness (QED) is 0.277. The van der Waals surface area contributed by atoms with Crippen LogP contribution in [0.25, 0.3) is 33.4 Å². The SMILES string of the molecule is CCCC(=O)Oc1cn(-c2ccc(F)c(Cl)c2)c2nc(CCC)n3c4ccccc4nc3c12. The number of esters is 1. The number of aryl methyl sites for hydroxylation is 1. The van der Waals surface area contributed by atoms with Gasteiger partial charge in [0.1, 0.15) is 17.0 Å². The summed E-state index contributed by atoms with van der Waals surface area (Å²) < 4.78 is 23.4. The normalized spacial score (nSPS) is 11.6. The molecule has 6 nitrogen and oxygen atoms in total. The fourth-order valence-corrected chi connectivity index (χ4v) is 4.27.